The molecule has 0 aliphatic carbocycles. The number of ether oxygens (including phenoxy) is 1. The molecule has 1 aromatic heterocycles. The summed E-state index contributed by atoms with van der Waals surface area (Å²) in [5, 5.41) is 6.29. The van der Waals surface area contributed by atoms with Crippen LogP contribution in [0.25, 0.3) is 0 Å². The van der Waals surface area contributed by atoms with Crippen molar-refractivity contribution in [2.24, 2.45) is 0 Å². The standard InChI is InChI=1S/C13H26N6O/c1-5-14-11-16-12(18-13(17-11)20-8-4)15-9-10-19(6-2)7-3/h5-10H2,1-4H3,(H2,14,15,16,17,18). The Morgan fingerprint density at radius 2 is 1.60 bits per heavy atom. The molecule has 0 unspecified atom stereocenters. The lowest BCUT2D eigenvalue weighted by atomic mass is 10.4. The quantitative estimate of drug-likeness (QED) is 0.673. The molecule has 0 fully saturated rings. The molecular weight excluding hydrogens is 256 g/mol. The van der Waals surface area contributed by atoms with Gasteiger partial charge in [0.1, 0.15) is 0 Å². The Labute approximate surface area is 121 Å². The number of likely N-dealkylation sites (N-methyl/N-ethyl adjacent to an activating group) is 1. The van der Waals surface area contributed by atoms with E-state index in [0.717, 1.165) is 32.7 Å². The number of aromatic nitrogens is 3. The minimum Gasteiger partial charge on any atom is -0.464 e. The highest BCUT2D eigenvalue weighted by Crippen LogP contribution is 2.10. The van der Waals surface area contributed by atoms with E-state index in [1.54, 1.807) is 0 Å². The highest BCUT2D eigenvalue weighted by molar-refractivity contribution is 5.35. The molecule has 1 rings (SSSR count). The van der Waals surface area contributed by atoms with E-state index >= 15 is 0 Å². The van der Waals surface area contributed by atoms with Crippen LogP contribution in [0.4, 0.5) is 11.9 Å². The maximum Gasteiger partial charge on any atom is 0.323 e. The zero-order valence-electron chi connectivity index (χ0n) is 12.9. The van der Waals surface area contributed by atoms with Crippen molar-refractivity contribution < 1.29 is 4.74 Å². The molecule has 1 aromatic rings. The van der Waals surface area contributed by atoms with Crippen LogP contribution in [0, 0.1) is 0 Å². The molecule has 0 aliphatic heterocycles. The van der Waals surface area contributed by atoms with Crippen LogP contribution in [0.15, 0.2) is 0 Å². The van der Waals surface area contributed by atoms with Gasteiger partial charge < -0.3 is 20.3 Å². The minimum absolute atomic E-state index is 0.351. The molecule has 114 valence electrons. The number of nitrogens with one attached hydrogen (secondary N) is 2. The van der Waals surface area contributed by atoms with Crippen LogP contribution in [0.5, 0.6) is 6.01 Å². The zero-order valence-corrected chi connectivity index (χ0v) is 12.9. The summed E-state index contributed by atoms with van der Waals surface area (Å²) >= 11 is 0. The largest absolute Gasteiger partial charge is 0.464 e. The van der Waals surface area contributed by atoms with E-state index in [1.807, 2.05) is 13.8 Å². The summed E-state index contributed by atoms with van der Waals surface area (Å²) in [6.45, 7) is 13.4. The Hall–Kier alpha value is -1.63. The van der Waals surface area contributed by atoms with Crippen molar-refractivity contribution in [2.75, 3.05) is 50.0 Å². The second-order valence-corrected chi connectivity index (χ2v) is 4.18. The first-order valence-corrected chi connectivity index (χ1v) is 7.32. The van der Waals surface area contributed by atoms with Crippen LogP contribution < -0.4 is 15.4 Å². The van der Waals surface area contributed by atoms with Crippen LogP contribution in [0.2, 0.25) is 0 Å². The van der Waals surface area contributed by atoms with Crippen LogP contribution in [-0.2, 0) is 0 Å². The molecule has 7 heteroatoms. The normalized spacial score (nSPS) is 10.7. The topological polar surface area (TPSA) is 75.2 Å². The molecule has 0 atom stereocenters. The van der Waals surface area contributed by atoms with Crippen molar-refractivity contribution in [1.82, 2.24) is 19.9 Å². The van der Waals surface area contributed by atoms with Gasteiger partial charge >= 0.3 is 6.01 Å². The molecule has 20 heavy (non-hydrogen) atoms. The van der Waals surface area contributed by atoms with E-state index in [2.05, 4.69) is 44.3 Å². The van der Waals surface area contributed by atoms with Gasteiger partial charge in [-0.3, -0.25) is 0 Å². The highest BCUT2D eigenvalue weighted by atomic mass is 16.5. The maximum atomic E-state index is 5.35. The van der Waals surface area contributed by atoms with Crippen molar-refractivity contribution in [1.29, 1.82) is 0 Å². The third-order valence-corrected chi connectivity index (χ3v) is 2.83. The van der Waals surface area contributed by atoms with Crippen LogP contribution >= 0.6 is 0 Å². The number of hydrogen-bond donors (Lipinski definition) is 2. The lowest BCUT2D eigenvalue weighted by Gasteiger charge is -2.18. The highest BCUT2D eigenvalue weighted by Gasteiger charge is 2.07. The Kier molecular flexibility index (Phi) is 7.64. The van der Waals surface area contributed by atoms with Crippen molar-refractivity contribution in [3.05, 3.63) is 0 Å². The average molecular weight is 282 g/mol. The summed E-state index contributed by atoms with van der Waals surface area (Å²) in [7, 11) is 0. The average Bonchev–Trinajstić information content (AvgIpc) is 2.44. The zero-order chi connectivity index (χ0) is 14.8. The summed E-state index contributed by atoms with van der Waals surface area (Å²) < 4.78 is 5.35. The smallest absolute Gasteiger partial charge is 0.323 e. The Morgan fingerprint density at radius 1 is 0.950 bits per heavy atom. The molecule has 0 bridgehead atoms. The fraction of sp³-hybridized carbons (Fsp3) is 0.769. The Balaban J connectivity index is 2.62. The third kappa shape index (κ3) is 5.56. The molecule has 0 amide bonds. The third-order valence-electron chi connectivity index (χ3n) is 2.83. The Bertz CT molecular complexity index is 359. The molecule has 0 saturated carbocycles. The van der Waals surface area contributed by atoms with Gasteiger partial charge in [0.15, 0.2) is 0 Å². The molecule has 0 aromatic carbocycles. The summed E-state index contributed by atoms with van der Waals surface area (Å²) in [6, 6.07) is 0.351. The van der Waals surface area contributed by atoms with Gasteiger partial charge in [0.25, 0.3) is 0 Å². The molecule has 7 nitrogen and oxygen atoms in total. The van der Waals surface area contributed by atoms with Gasteiger partial charge in [0.2, 0.25) is 11.9 Å². The van der Waals surface area contributed by atoms with E-state index in [4.69, 9.17) is 4.74 Å². The van der Waals surface area contributed by atoms with E-state index in [1.165, 1.54) is 0 Å². The summed E-state index contributed by atoms with van der Waals surface area (Å²) in [5.41, 5.74) is 0. The van der Waals surface area contributed by atoms with Crippen molar-refractivity contribution in [3.63, 3.8) is 0 Å². The van der Waals surface area contributed by atoms with E-state index < -0.39 is 0 Å². The molecule has 0 aliphatic rings. The Morgan fingerprint density at radius 3 is 2.15 bits per heavy atom. The fourth-order valence-electron chi connectivity index (χ4n) is 1.73. The fourth-order valence-corrected chi connectivity index (χ4v) is 1.73. The second kappa shape index (κ2) is 9.30. The molecule has 0 radical (unpaired) electrons. The van der Waals surface area contributed by atoms with Gasteiger partial charge in [0.05, 0.1) is 6.61 Å². The monoisotopic (exact) mass is 282 g/mol. The number of nitrogens with zero attached hydrogens (tertiary/aromatic N) is 4. The first-order valence-electron chi connectivity index (χ1n) is 7.32. The molecule has 2 N–H and O–H groups in total. The van der Waals surface area contributed by atoms with Gasteiger partial charge in [-0.15, -0.1) is 0 Å². The summed E-state index contributed by atoms with van der Waals surface area (Å²) in [5.74, 6) is 1.09. The number of anilines is 2. The van der Waals surface area contributed by atoms with Gasteiger partial charge in [0, 0.05) is 19.6 Å². The predicted octanol–water partition coefficient (Wildman–Crippen LogP) is 1.46. The van der Waals surface area contributed by atoms with Crippen molar-refractivity contribution in [3.8, 4) is 6.01 Å². The second-order valence-electron chi connectivity index (χ2n) is 4.18. The van der Waals surface area contributed by atoms with Gasteiger partial charge in [-0.1, -0.05) is 13.8 Å². The molecule has 1 heterocycles. The lowest BCUT2D eigenvalue weighted by Crippen LogP contribution is -2.29. The summed E-state index contributed by atoms with van der Waals surface area (Å²) in [4.78, 5) is 15.1. The first-order chi connectivity index (χ1) is 9.73. The van der Waals surface area contributed by atoms with Gasteiger partial charge in [-0.2, -0.15) is 15.0 Å². The van der Waals surface area contributed by atoms with E-state index in [-0.39, 0.29) is 0 Å². The van der Waals surface area contributed by atoms with Crippen molar-refractivity contribution >= 4 is 11.9 Å². The SMILES string of the molecule is CCNc1nc(NCCN(CC)CC)nc(OCC)n1. The lowest BCUT2D eigenvalue weighted by molar-refractivity contribution is 0.310. The first kappa shape index (κ1) is 16.4. The molecular formula is C13H26N6O. The number of hydrogen-bond acceptors (Lipinski definition) is 7. The van der Waals surface area contributed by atoms with Gasteiger partial charge in [-0.05, 0) is 26.9 Å². The van der Waals surface area contributed by atoms with Crippen molar-refractivity contribution in [2.45, 2.75) is 27.7 Å². The van der Waals surface area contributed by atoms with E-state index in [9.17, 15) is 0 Å². The van der Waals surface area contributed by atoms with Crippen LogP contribution in [-0.4, -0.2) is 59.2 Å². The van der Waals surface area contributed by atoms with Crippen LogP contribution in [0.1, 0.15) is 27.7 Å². The van der Waals surface area contributed by atoms with Crippen LogP contribution in [0.3, 0.4) is 0 Å². The maximum absolute atomic E-state index is 5.35. The van der Waals surface area contributed by atoms with Gasteiger partial charge in [-0.25, -0.2) is 0 Å². The summed E-state index contributed by atoms with van der Waals surface area (Å²) in [6.07, 6.45) is 0. The van der Waals surface area contributed by atoms with E-state index in [0.29, 0.717) is 24.5 Å². The molecule has 0 saturated heterocycles. The minimum atomic E-state index is 0.351. The molecule has 0 spiro atoms. The predicted molar refractivity (Wildman–Crippen MR) is 81.4 cm³/mol. The number of rotatable bonds is 10.